The van der Waals surface area contributed by atoms with Crippen molar-refractivity contribution in [3.63, 3.8) is 0 Å². The zero-order chi connectivity index (χ0) is 20.5. The lowest BCUT2D eigenvalue weighted by atomic mass is 10.0. The minimum absolute atomic E-state index is 0.131. The van der Waals surface area contributed by atoms with Crippen molar-refractivity contribution in [2.24, 2.45) is 0 Å². The van der Waals surface area contributed by atoms with E-state index in [1.807, 2.05) is 62.4 Å². The zero-order valence-electron chi connectivity index (χ0n) is 17.1. The maximum absolute atomic E-state index is 12.7. The van der Waals surface area contributed by atoms with Gasteiger partial charge in [0.05, 0.1) is 0 Å². The number of amides is 1. The molecule has 146 valence electrons. The van der Waals surface area contributed by atoms with Gasteiger partial charge in [-0.05, 0) is 67.3 Å². The summed E-state index contributed by atoms with van der Waals surface area (Å²) in [6.45, 7) is 8.26. The molecule has 0 radical (unpaired) electrons. The van der Waals surface area contributed by atoms with Crippen LogP contribution in [-0.2, 0) is 0 Å². The highest BCUT2D eigenvalue weighted by molar-refractivity contribution is 6.05. The molecule has 1 aromatic heterocycles. The molecule has 0 saturated carbocycles. The molecule has 29 heavy (non-hydrogen) atoms. The van der Waals surface area contributed by atoms with E-state index in [1.54, 1.807) is 0 Å². The summed E-state index contributed by atoms with van der Waals surface area (Å²) in [5, 5.41) is 3.01. The Labute approximate surface area is 170 Å². The van der Waals surface area contributed by atoms with Crippen LogP contribution in [0, 0.1) is 13.8 Å². The molecule has 0 fully saturated rings. The van der Waals surface area contributed by atoms with Crippen LogP contribution in [0.15, 0.2) is 65.1 Å². The predicted octanol–water partition coefficient (Wildman–Crippen LogP) is 6.49. The topological polar surface area (TPSA) is 55.1 Å². The molecule has 0 aliphatic rings. The first-order valence-corrected chi connectivity index (χ1v) is 9.80. The average molecular weight is 384 g/mol. The molecule has 0 atom stereocenters. The van der Waals surface area contributed by atoms with E-state index in [4.69, 9.17) is 4.42 Å². The van der Waals surface area contributed by atoms with Gasteiger partial charge in [0.1, 0.15) is 5.52 Å². The number of hydrogen-bond acceptors (Lipinski definition) is 3. The quantitative estimate of drug-likeness (QED) is 0.438. The van der Waals surface area contributed by atoms with Gasteiger partial charge in [-0.15, -0.1) is 0 Å². The number of hydrogen-bond donors (Lipinski definition) is 1. The summed E-state index contributed by atoms with van der Waals surface area (Å²) in [4.78, 5) is 17.3. The van der Waals surface area contributed by atoms with E-state index >= 15 is 0 Å². The fourth-order valence-electron chi connectivity index (χ4n) is 3.30. The Morgan fingerprint density at radius 1 is 1.00 bits per heavy atom. The molecule has 0 aliphatic carbocycles. The van der Waals surface area contributed by atoms with Crippen LogP contribution in [0.1, 0.15) is 46.8 Å². The normalized spacial score (nSPS) is 11.2. The molecule has 4 rings (SSSR count). The first-order chi connectivity index (χ1) is 13.9. The molecular formula is C25H24N2O2. The van der Waals surface area contributed by atoms with Crippen LogP contribution in [0.2, 0.25) is 0 Å². The minimum atomic E-state index is -0.131. The lowest BCUT2D eigenvalue weighted by Gasteiger charge is -2.10. The number of oxazole rings is 1. The monoisotopic (exact) mass is 384 g/mol. The van der Waals surface area contributed by atoms with Crippen molar-refractivity contribution in [3.8, 4) is 11.5 Å². The molecule has 0 bridgehead atoms. The van der Waals surface area contributed by atoms with Crippen LogP contribution in [0.4, 0.5) is 5.69 Å². The van der Waals surface area contributed by atoms with E-state index < -0.39 is 0 Å². The standard InChI is InChI=1S/C25H24N2O2/c1-15(2)18-10-11-23-22(13-18)27-25(29-23)20-9-8-17(4)21(14-20)26-24(28)19-7-5-6-16(3)12-19/h5-15H,1-4H3,(H,26,28). The molecule has 0 unspecified atom stereocenters. The summed E-state index contributed by atoms with van der Waals surface area (Å²) in [7, 11) is 0. The molecule has 1 heterocycles. The summed E-state index contributed by atoms with van der Waals surface area (Å²) >= 11 is 0. The lowest BCUT2D eigenvalue weighted by Crippen LogP contribution is -2.13. The van der Waals surface area contributed by atoms with Gasteiger partial charge in [-0.3, -0.25) is 4.79 Å². The van der Waals surface area contributed by atoms with Crippen LogP contribution in [0.5, 0.6) is 0 Å². The molecule has 3 aromatic carbocycles. The van der Waals surface area contributed by atoms with Crippen LogP contribution in [0.25, 0.3) is 22.6 Å². The van der Waals surface area contributed by atoms with Crippen LogP contribution in [-0.4, -0.2) is 10.9 Å². The van der Waals surface area contributed by atoms with E-state index in [2.05, 4.69) is 36.3 Å². The molecule has 0 spiro atoms. The van der Waals surface area contributed by atoms with Gasteiger partial charge in [0, 0.05) is 16.8 Å². The number of carbonyl (C=O) groups excluding carboxylic acids is 1. The second-order valence-corrected chi connectivity index (χ2v) is 7.75. The number of benzene rings is 3. The molecular weight excluding hydrogens is 360 g/mol. The number of rotatable bonds is 4. The highest BCUT2D eigenvalue weighted by Gasteiger charge is 2.13. The summed E-state index contributed by atoms with van der Waals surface area (Å²) in [5.74, 6) is 0.849. The third-order valence-corrected chi connectivity index (χ3v) is 5.09. The van der Waals surface area contributed by atoms with Crippen LogP contribution in [0.3, 0.4) is 0 Å². The fourth-order valence-corrected chi connectivity index (χ4v) is 3.30. The summed E-state index contributed by atoms with van der Waals surface area (Å²) < 4.78 is 5.97. The van der Waals surface area contributed by atoms with Crippen molar-refractivity contribution < 1.29 is 9.21 Å². The largest absolute Gasteiger partial charge is 0.436 e. The Balaban J connectivity index is 1.66. The molecule has 1 N–H and O–H groups in total. The average Bonchev–Trinajstić information content (AvgIpc) is 3.12. The second-order valence-electron chi connectivity index (χ2n) is 7.75. The summed E-state index contributed by atoms with van der Waals surface area (Å²) in [6.07, 6.45) is 0. The molecule has 4 aromatic rings. The third-order valence-electron chi connectivity index (χ3n) is 5.09. The van der Waals surface area contributed by atoms with Gasteiger partial charge in [0.15, 0.2) is 5.58 Å². The van der Waals surface area contributed by atoms with Crippen LogP contribution >= 0.6 is 0 Å². The van der Waals surface area contributed by atoms with E-state index in [0.29, 0.717) is 17.4 Å². The Kier molecular flexibility index (Phi) is 4.93. The highest BCUT2D eigenvalue weighted by Crippen LogP contribution is 2.29. The Hall–Kier alpha value is -3.40. The van der Waals surface area contributed by atoms with Crippen molar-refractivity contribution in [2.75, 3.05) is 5.32 Å². The third kappa shape index (κ3) is 3.92. The fraction of sp³-hybridized carbons (Fsp3) is 0.200. The maximum atomic E-state index is 12.7. The Morgan fingerprint density at radius 3 is 2.59 bits per heavy atom. The van der Waals surface area contributed by atoms with E-state index in [1.165, 1.54) is 5.56 Å². The first-order valence-electron chi connectivity index (χ1n) is 9.80. The number of aromatic nitrogens is 1. The lowest BCUT2D eigenvalue weighted by molar-refractivity contribution is 0.102. The number of nitrogens with one attached hydrogen (secondary N) is 1. The molecule has 4 nitrogen and oxygen atoms in total. The Morgan fingerprint density at radius 2 is 1.83 bits per heavy atom. The van der Waals surface area contributed by atoms with Gasteiger partial charge in [-0.25, -0.2) is 4.98 Å². The van der Waals surface area contributed by atoms with Gasteiger partial charge in [-0.1, -0.05) is 43.7 Å². The number of aryl methyl sites for hydroxylation is 2. The van der Waals surface area contributed by atoms with E-state index in [-0.39, 0.29) is 5.91 Å². The molecule has 1 amide bonds. The van der Waals surface area contributed by atoms with Crippen molar-refractivity contribution in [3.05, 3.63) is 82.9 Å². The molecule has 0 saturated heterocycles. The van der Waals surface area contributed by atoms with Gasteiger partial charge < -0.3 is 9.73 Å². The van der Waals surface area contributed by atoms with Gasteiger partial charge in [0.25, 0.3) is 5.91 Å². The number of anilines is 1. The summed E-state index contributed by atoms with van der Waals surface area (Å²) in [6, 6.07) is 19.5. The summed E-state index contributed by atoms with van der Waals surface area (Å²) in [5.41, 5.74) is 7.08. The van der Waals surface area contributed by atoms with Gasteiger partial charge in [0.2, 0.25) is 5.89 Å². The van der Waals surface area contributed by atoms with Crippen molar-refractivity contribution >= 4 is 22.7 Å². The first kappa shape index (κ1) is 18.9. The minimum Gasteiger partial charge on any atom is -0.436 e. The number of fused-ring (bicyclic) bond motifs is 1. The van der Waals surface area contributed by atoms with E-state index in [0.717, 1.165) is 33.5 Å². The van der Waals surface area contributed by atoms with Crippen molar-refractivity contribution in [1.82, 2.24) is 4.98 Å². The number of carbonyl (C=O) groups is 1. The van der Waals surface area contributed by atoms with E-state index in [9.17, 15) is 4.79 Å². The maximum Gasteiger partial charge on any atom is 0.255 e. The van der Waals surface area contributed by atoms with Crippen molar-refractivity contribution in [2.45, 2.75) is 33.6 Å². The highest BCUT2D eigenvalue weighted by atomic mass is 16.3. The van der Waals surface area contributed by atoms with Crippen molar-refractivity contribution in [1.29, 1.82) is 0 Å². The smallest absolute Gasteiger partial charge is 0.255 e. The van der Waals surface area contributed by atoms with Gasteiger partial charge >= 0.3 is 0 Å². The predicted molar refractivity (Wildman–Crippen MR) is 117 cm³/mol. The van der Waals surface area contributed by atoms with Crippen LogP contribution < -0.4 is 5.32 Å². The van der Waals surface area contributed by atoms with Gasteiger partial charge in [-0.2, -0.15) is 0 Å². The number of nitrogens with zero attached hydrogens (tertiary/aromatic N) is 1. The molecule has 4 heteroatoms. The second kappa shape index (κ2) is 7.55. The zero-order valence-corrected chi connectivity index (χ0v) is 17.1. The SMILES string of the molecule is Cc1cccc(C(=O)Nc2cc(-c3nc4cc(C(C)C)ccc4o3)ccc2C)c1. The molecule has 0 aliphatic heterocycles. The Bertz CT molecular complexity index is 1200.